The summed E-state index contributed by atoms with van der Waals surface area (Å²) >= 11 is 0. The molecule has 4 aromatic rings. The summed E-state index contributed by atoms with van der Waals surface area (Å²) in [5, 5.41) is 11.0. The van der Waals surface area contributed by atoms with Gasteiger partial charge >= 0.3 is 0 Å². The van der Waals surface area contributed by atoms with Crippen LogP contribution in [0.2, 0.25) is 0 Å². The average Bonchev–Trinajstić information content (AvgIpc) is 2.85. The lowest BCUT2D eigenvalue weighted by atomic mass is 10.00. The molecule has 0 amide bonds. The number of hydrogen-bond acceptors (Lipinski definition) is 6. The summed E-state index contributed by atoms with van der Waals surface area (Å²) in [5.41, 5.74) is 2.63. The van der Waals surface area contributed by atoms with Crippen molar-refractivity contribution < 1.29 is 9.50 Å². The normalized spacial score (nSPS) is 16.3. The molecule has 0 radical (unpaired) electrons. The van der Waals surface area contributed by atoms with E-state index < -0.39 is 11.9 Å². The number of hydrogen-bond donors (Lipinski definition) is 1. The Balaban J connectivity index is 1.60. The summed E-state index contributed by atoms with van der Waals surface area (Å²) in [7, 11) is 0. The number of aliphatic hydroxyl groups excluding tert-OH is 1. The van der Waals surface area contributed by atoms with Crippen molar-refractivity contribution in [3.05, 3.63) is 107 Å². The van der Waals surface area contributed by atoms with Crippen LogP contribution in [0.5, 0.6) is 0 Å². The van der Waals surface area contributed by atoms with Gasteiger partial charge < -0.3 is 10.0 Å². The van der Waals surface area contributed by atoms with Crippen LogP contribution in [0.3, 0.4) is 0 Å². The van der Waals surface area contributed by atoms with Crippen LogP contribution in [-0.2, 0) is 6.54 Å². The maximum Gasteiger partial charge on any atom is 0.255 e. The SMILES string of the molecule is O=c1cc(-c2ccncc2)nc2n1CCC(c1ccncc1)N2CC(O)c1cccc(F)c1. The molecule has 3 aromatic heterocycles. The molecule has 2 atom stereocenters. The number of aromatic nitrogens is 4. The molecule has 1 N–H and O–H groups in total. The molecule has 0 bridgehead atoms. The highest BCUT2D eigenvalue weighted by Gasteiger charge is 2.32. The summed E-state index contributed by atoms with van der Waals surface area (Å²) in [6, 6.07) is 14.8. The molecule has 1 aliphatic rings. The van der Waals surface area contributed by atoms with Crippen molar-refractivity contribution in [1.82, 2.24) is 19.5 Å². The van der Waals surface area contributed by atoms with E-state index in [9.17, 15) is 14.3 Å². The third-order valence-corrected chi connectivity index (χ3v) is 5.92. The molecule has 166 valence electrons. The Labute approximate surface area is 189 Å². The largest absolute Gasteiger partial charge is 0.387 e. The molecule has 4 heterocycles. The van der Waals surface area contributed by atoms with Gasteiger partial charge in [0, 0.05) is 43.0 Å². The first-order valence-corrected chi connectivity index (χ1v) is 10.7. The first-order chi connectivity index (χ1) is 16.1. The van der Waals surface area contributed by atoms with Crippen molar-refractivity contribution in [2.45, 2.75) is 25.1 Å². The van der Waals surface area contributed by atoms with E-state index in [-0.39, 0.29) is 18.1 Å². The van der Waals surface area contributed by atoms with Crippen LogP contribution in [0.4, 0.5) is 10.3 Å². The summed E-state index contributed by atoms with van der Waals surface area (Å²) in [4.78, 5) is 27.9. The molecule has 0 aliphatic carbocycles. The van der Waals surface area contributed by atoms with Crippen LogP contribution >= 0.6 is 0 Å². The van der Waals surface area contributed by atoms with Crippen LogP contribution in [0, 0.1) is 5.82 Å². The molecule has 33 heavy (non-hydrogen) atoms. The molecule has 0 spiro atoms. The number of nitrogens with zero attached hydrogens (tertiary/aromatic N) is 5. The van der Waals surface area contributed by atoms with Gasteiger partial charge in [-0.2, -0.15) is 0 Å². The van der Waals surface area contributed by atoms with E-state index in [1.54, 1.807) is 53.6 Å². The van der Waals surface area contributed by atoms with Gasteiger partial charge in [-0.15, -0.1) is 0 Å². The van der Waals surface area contributed by atoms with Gasteiger partial charge in [-0.05, 0) is 53.9 Å². The van der Waals surface area contributed by atoms with E-state index in [2.05, 4.69) is 9.97 Å². The van der Waals surface area contributed by atoms with Crippen molar-refractivity contribution in [2.24, 2.45) is 0 Å². The van der Waals surface area contributed by atoms with Gasteiger partial charge in [-0.25, -0.2) is 9.37 Å². The molecule has 2 unspecified atom stereocenters. The summed E-state index contributed by atoms with van der Waals surface area (Å²) in [5.74, 6) is 0.0587. The molecular formula is C25H22FN5O2. The highest BCUT2D eigenvalue weighted by atomic mass is 19.1. The van der Waals surface area contributed by atoms with Crippen molar-refractivity contribution >= 4 is 5.95 Å². The molecule has 8 heteroatoms. The van der Waals surface area contributed by atoms with Gasteiger partial charge in [-0.1, -0.05) is 12.1 Å². The highest BCUT2D eigenvalue weighted by Crippen LogP contribution is 2.35. The standard InChI is InChI=1S/C25H22FN5O2/c26-20-3-1-2-19(14-20)23(32)16-31-22(18-6-11-28-12-7-18)8-13-30-24(33)15-21(29-25(30)31)17-4-9-27-10-5-17/h1-7,9-12,14-15,22-23,32H,8,13,16H2. The van der Waals surface area contributed by atoms with E-state index in [0.717, 1.165) is 11.1 Å². The number of pyridine rings is 2. The van der Waals surface area contributed by atoms with Crippen molar-refractivity contribution in [3.8, 4) is 11.3 Å². The molecular weight excluding hydrogens is 421 g/mol. The van der Waals surface area contributed by atoms with Crippen LogP contribution in [-0.4, -0.2) is 31.2 Å². The lowest BCUT2D eigenvalue weighted by molar-refractivity contribution is 0.176. The second-order valence-electron chi connectivity index (χ2n) is 7.98. The quantitative estimate of drug-likeness (QED) is 0.508. The first-order valence-electron chi connectivity index (χ1n) is 10.7. The summed E-state index contributed by atoms with van der Waals surface area (Å²) < 4.78 is 15.4. The molecule has 1 aliphatic heterocycles. The van der Waals surface area contributed by atoms with Crippen molar-refractivity contribution in [1.29, 1.82) is 0 Å². The van der Waals surface area contributed by atoms with Gasteiger partial charge in [0.2, 0.25) is 5.95 Å². The third kappa shape index (κ3) is 4.25. The lowest BCUT2D eigenvalue weighted by Crippen LogP contribution is -2.42. The molecule has 0 saturated heterocycles. The van der Waals surface area contributed by atoms with Gasteiger partial charge in [0.15, 0.2) is 0 Å². The molecule has 5 rings (SSSR count). The number of fused-ring (bicyclic) bond motifs is 1. The zero-order valence-corrected chi connectivity index (χ0v) is 17.8. The van der Waals surface area contributed by atoms with E-state index in [1.165, 1.54) is 18.2 Å². The Morgan fingerprint density at radius 3 is 2.48 bits per heavy atom. The fraction of sp³-hybridized carbons (Fsp3) is 0.200. The lowest BCUT2D eigenvalue weighted by Gasteiger charge is -2.39. The Kier molecular flexibility index (Phi) is 5.66. The summed E-state index contributed by atoms with van der Waals surface area (Å²) in [6.45, 7) is 0.639. The topological polar surface area (TPSA) is 84.1 Å². The Morgan fingerprint density at radius 1 is 1.03 bits per heavy atom. The predicted molar refractivity (Wildman–Crippen MR) is 122 cm³/mol. The minimum atomic E-state index is -0.974. The van der Waals surface area contributed by atoms with E-state index in [0.29, 0.717) is 30.2 Å². The Bertz CT molecular complexity index is 1310. The number of β-amino-alcohol motifs (C(OH)–C–C–N with tert-alkyl or cyclic N) is 1. The second kappa shape index (κ2) is 8.91. The van der Waals surface area contributed by atoms with Gasteiger partial charge in [0.05, 0.1) is 24.4 Å². The zero-order valence-electron chi connectivity index (χ0n) is 17.8. The Morgan fingerprint density at radius 2 is 1.76 bits per heavy atom. The zero-order chi connectivity index (χ0) is 22.8. The van der Waals surface area contributed by atoms with Crippen molar-refractivity contribution in [2.75, 3.05) is 11.4 Å². The third-order valence-electron chi connectivity index (χ3n) is 5.92. The minimum absolute atomic E-state index is 0.129. The fourth-order valence-electron chi connectivity index (χ4n) is 4.29. The smallest absolute Gasteiger partial charge is 0.255 e. The average molecular weight is 443 g/mol. The van der Waals surface area contributed by atoms with Gasteiger partial charge in [-0.3, -0.25) is 19.3 Å². The monoisotopic (exact) mass is 443 g/mol. The fourth-order valence-corrected chi connectivity index (χ4v) is 4.29. The molecule has 7 nitrogen and oxygen atoms in total. The first kappa shape index (κ1) is 21.0. The Hall–Kier alpha value is -3.91. The maximum absolute atomic E-state index is 13.8. The van der Waals surface area contributed by atoms with Gasteiger partial charge in [0.1, 0.15) is 5.82 Å². The van der Waals surface area contributed by atoms with Crippen LogP contribution in [0.25, 0.3) is 11.3 Å². The predicted octanol–water partition coefficient (Wildman–Crippen LogP) is 3.52. The number of rotatable bonds is 5. The van der Waals surface area contributed by atoms with Crippen LogP contribution in [0.1, 0.15) is 29.7 Å². The number of anilines is 1. The minimum Gasteiger partial charge on any atom is -0.387 e. The number of halogens is 1. The molecule has 1 aromatic carbocycles. The van der Waals surface area contributed by atoms with E-state index in [4.69, 9.17) is 4.98 Å². The second-order valence-corrected chi connectivity index (χ2v) is 7.98. The maximum atomic E-state index is 13.8. The number of benzene rings is 1. The van der Waals surface area contributed by atoms with Gasteiger partial charge in [0.25, 0.3) is 5.56 Å². The van der Waals surface area contributed by atoms with E-state index in [1.807, 2.05) is 17.0 Å². The molecule has 0 saturated carbocycles. The van der Waals surface area contributed by atoms with E-state index >= 15 is 0 Å². The van der Waals surface area contributed by atoms with Crippen molar-refractivity contribution in [3.63, 3.8) is 0 Å². The number of aliphatic hydroxyl groups is 1. The highest BCUT2D eigenvalue weighted by molar-refractivity contribution is 5.60. The molecule has 0 fully saturated rings. The summed E-state index contributed by atoms with van der Waals surface area (Å²) in [6.07, 6.45) is 6.43. The van der Waals surface area contributed by atoms with Crippen LogP contribution in [0.15, 0.2) is 84.2 Å². The van der Waals surface area contributed by atoms with Crippen LogP contribution < -0.4 is 10.5 Å².